The van der Waals surface area contributed by atoms with E-state index in [0.29, 0.717) is 19.3 Å². The fraction of sp³-hybridized carbons (Fsp3) is 0.609. The zero-order valence-corrected chi connectivity index (χ0v) is 48.3. The molecule has 0 aliphatic heterocycles. The van der Waals surface area contributed by atoms with Crippen LogP contribution in [0.5, 0.6) is 0 Å². The normalized spacial score (nSPS) is 13.2. The Morgan fingerprint density at radius 1 is 0.280 bits per heavy atom. The van der Waals surface area contributed by atoms with Gasteiger partial charge in [0, 0.05) is 19.3 Å². The first kappa shape index (κ1) is 70.3. The number of carbonyl (C=O) groups is 3. The molecule has 0 rings (SSSR count). The van der Waals surface area contributed by atoms with Crippen LogP contribution in [0.1, 0.15) is 252 Å². The van der Waals surface area contributed by atoms with Crippen molar-refractivity contribution >= 4 is 17.9 Å². The summed E-state index contributed by atoms with van der Waals surface area (Å²) in [6.45, 7) is 6.30. The molecule has 0 aromatic rings. The van der Waals surface area contributed by atoms with E-state index in [2.05, 4.69) is 154 Å². The highest BCUT2D eigenvalue weighted by molar-refractivity contribution is 5.71. The number of unbranched alkanes of at least 4 members (excludes halogenated alkanes) is 18. The van der Waals surface area contributed by atoms with Crippen LogP contribution in [0.15, 0.2) is 146 Å². The SMILES string of the molecule is CC/C=C\C/C=C\C/C=C\C/C=C\C/C=C\C/C=C\CCC(=O)OC[C@H](COC(=O)CCCCCCCCCCCCC/C=C\CCCCCCCC)OC(=O)CCC/C=C\C/C=C\C/C=C\C/C=C\C/C=C\CC. The lowest BCUT2D eigenvalue weighted by Crippen LogP contribution is -2.30. The minimum Gasteiger partial charge on any atom is -0.462 e. The zero-order valence-electron chi connectivity index (χ0n) is 48.3. The first-order valence-corrected chi connectivity index (χ1v) is 30.3. The highest BCUT2D eigenvalue weighted by Crippen LogP contribution is 2.14. The molecular formula is C69H110O6. The van der Waals surface area contributed by atoms with E-state index in [-0.39, 0.29) is 44.0 Å². The third-order valence-electron chi connectivity index (χ3n) is 12.3. The molecule has 0 bridgehead atoms. The number of ether oxygens (including phenoxy) is 3. The van der Waals surface area contributed by atoms with Gasteiger partial charge in [0.2, 0.25) is 0 Å². The molecule has 6 heteroatoms. The Morgan fingerprint density at radius 2 is 0.560 bits per heavy atom. The molecule has 0 amide bonds. The molecular weight excluding hydrogens is 925 g/mol. The molecule has 0 N–H and O–H groups in total. The fourth-order valence-electron chi connectivity index (χ4n) is 7.85. The van der Waals surface area contributed by atoms with Gasteiger partial charge in [-0.05, 0) is 122 Å². The molecule has 0 spiro atoms. The van der Waals surface area contributed by atoms with Crippen molar-refractivity contribution in [1.82, 2.24) is 0 Å². The quantitative estimate of drug-likeness (QED) is 0.0261. The average Bonchev–Trinajstić information content (AvgIpc) is 3.41. The summed E-state index contributed by atoms with van der Waals surface area (Å²) >= 11 is 0. The third-order valence-corrected chi connectivity index (χ3v) is 12.3. The number of rotatable bonds is 53. The number of hydrogen-bond acceptors (Lipinski definition) is 6. The number of allylic oxidation sites excluding steroid dienone is 24. The van der Waals surface area contributed by atoms with Crippen molar-refractivity contribution in [3.8, 4) is 0 Å². The van der Waals surface area contributed by atoms with Gasteiger partial charge in [-0.1, -0.05) is 256 Å². The van der Waals surface area contributed by atoms with Crippen LogP contribution in [0.3, 0.4) is 0 Å². The Morgan fingerprint density at radius 3 is 0.947 bits per heavy atom. The summed E-state index contributed by atoms with van der Waals surface area (Å²) in [6, 6.07) is 0. The van der Waals surface area contributed by atoms with Crippen LogP contribution < -0.4 is 0 Å². The van der Waals surface area contributed by atoms with Gasteiger partial charge >= 0.3 is 17.9 Å². The van der Waals surface area contributed by atoms with Gasteiger partial charge < -0.3 is 14.2 Å². The first-order valence-electron chi connectivity index (χ1n) is 30.3. The third kappa shape index (κ3) is 60.0. The van der Waals surface area contributed by atoms with Crippen LogP contribution in [-0.4, -0.2) is 37.2 Å². The summed E-state index contributed by atoms with van der Waals surface area (Å²) in [7, 11) is 0. The molecule has 0 unspecified atom stereocenters. The van der Waals surface area contributed by atoms with Crippen LogP contribution in [-0.2, 0) is 28.6 Å². The van der Waals surface area contributed by atoms with Crippen molar-refractivity contribution in [2.75, 3.05) is 13.2 Å². The van der Waals surface area contributed by atoms with Crippen molar-refractivity contribution in [3.05, 3.63) is 146 Å². The standard InChI is InChI=1S/C69H110O6/c1-4-7-10-13-16-19-22-25-28-31-33-34-36-39-41-44-47-50-53-56-59-62-68(71)74-65-66(75-69(72)63-60-57-54-51-48-45-42-37-30-27-24-21-18-15-12-9-6-3)64-73-67(70)61-58-55-52-49-46-43-40-38-35-32-29-26-23-20-17-14-11-8-5-2/h8-9,11-12,17-18,20-21,25-30,35,38,42-43,45-46,51-52,54-55,66H,4-7,10,13-16,19,22-24,31-34,36-37,39-41,44,47-50,53,56-65H2,1-3H3/b11-8-,12-9-,20-17-,21-18-,28-25-,29-26-,30-27-,38-35-,45-42-,46-43-,54-51-,55-52-/t66-/m1/s1. The van der Waals surface area contributed by atoms with Gasteiger partial charge in [-0.3, -0.25) is 14.4 Å². The second-order valence-corrected chi connectivity index (χ2v) is 19.5. The topological polar surface area (TPSA) is 78.9 Å². The molecule has 0 fully saturated rings. The minimum atomic E-state index is -0.846. The lowest BCUT2D eigenvalue weighted by molar-refractivity contribution is -0.166. The largest absolute Gasteiger partial charge is 0.462 e. The minimum absolute atomic E-state index is 0.129. The van der Waals surface area contributed by atoms with E-state index in [4.69, 9.17) is 14.2 Å². The summed E-state index contributed by atoms with van der Waals surface area (Å²) in [5, 5.41) is 0. The first-order chi connectivity index (χ1) is 37.0. The molecule has 0 saturated carbocycles. The predicted octanol–water partition coefficient (Wildman–Crippen LogP) is 20.8. The van der Waals surface area contributed by atoms with Crippen LogP contribution in [0.2, 0.25) is 0 Å². The molecule has 1 atom stereocenters. The second-order valence-electron chi connectivity index (χ2n) is 19.5. The predicted molar refractivity (Wildman–Crippen MR) is 325 cm³/mol. The smallest absolute Gasteiger partial charge is 0.306 e. The summed E-state index contributed by atoms with van der Waals surface area (Å²) in [6.07, 6.45) is 88.6. The molecule has 0 saturated heterocycles. The van der Waals surface area contributed by atoms with Crippen molar-refractivity contribution in [1.29, 1.82) is 0 Å². The second kappa shape index (κ2) is 61.8. The van der Waals surface area contributed by atoms with E-state index in [0.717, 1.165) is 96.3 Å². The molecule has 0 aromatic heterocycles. The van der Waals surface area contributed by atoms with Crippen molar-refractivity contribution in [3.63, 3.8) is 0 Å². The van der Waals surface area contributed by atoms with Crippen LogP contribution in [0, 0.1) is 0 Å². The van der Waals surface area contributed by atoms with Crippen LogP contribution in [0.25, 0.3) is 0 Å². The van der Waals surface area contributed by atoms with Gasteiger partial charge in [0.1, 0.15) is 13.2 Å². The Bertz CT molecular complexity index is 1660. The van der Waals surface area contributed by atoms with E-state index in [1.54, 1.807) is 0 Å². The molecule has 422 valence electrons. The number of carbonyl (C=O) groups excluding carboxylic acids is 3. The number of esters is 3. The van der Waals surface area contributed by atoms with Gasteiger partial charge in [0.15, 0.2) is 6.10 Å². The summed E-state index contributed by atoms with van der Waals surface area (Å²) in [5.41, 5.74) is 0. The molecule has 0 aromatic carbocycles. The maximum atomic E-state index is 12.9. The Balaban J connectivity index is 4.56. The van der Waals surface area contributed by atoms with Gasteiger partial charge in [0.25, 0.3) is 0 Å². The van der Waals surface area contributed by atoms with Gasteiger partial charge in [-0.25, -0.2) is 0 Å². The fourth-order valence-corrected chi connectivity index (χ4v) is 7.85. The molecule has 0 heterocycles. The van der Waals surface area contributed by atoms with Gasteiger partial charge in [0.05, 0.1) is 0 Å². The van der Waals surface area contributed by atoms with Crippen LogP contribution in [0.4, 0.5) is 0 Å². The molecule has 6 nitrogen and oxygen atoms in total. The molecule has 0 aliphatic carbocycles. The Hall–Kier alpha value is -4.71. The van der Waals surface area contributed by atoms with Crippen molar-refractivity contribution < 1.29 is 28.6 Å². The lowest BCUT2D eigenvalue weighted by atomic mass is 10.0. The van der Waals surface area contributed by atoms with Crippen molar-refractivity contribution in [2.45, 2.75) is 258 Å². The van der Waals surface area contributed by atoms with E-state index < -0.39 is 6.10 Å². The Labute approximate surface area is 461 Å². The van der Waals surface area contributed by atoms with E-state index in [1.807, 2.05) is 12.2 Å². The summed E-state index contributed by atoms with van der Waals surface area (Å²) < 4.78 is 16.8. The van der Waals surface area contributed by atoms with E-state index >= 15 is 0 Å². The van der Waals surface area contributed by atoms with E-state index in [1.165, 1.54) is 103 Å². The number of hydrogen-bond donors (Lipinski definition) is 0. The zero-order chi connectivity index (χ0) is 54.3. The van der Waals surface area contributed by atoms with E-state index in [9.17, 15) is 14.4 Å². The molecule has 0 aliphatic rings. The maximum absolute atomic E-state index is 12.9. The van der Waals surface area contributed by atoms with Crippen molar-refractivity contribution in [2.24, 2.45) is 0 Å². The van der Waals surface area contributed by atoms with Gasteiger partial charge in [-0.2, -0.15) is 0 Å². The maximum Gasteiger partial charge on any atom is 0.306 e. The van der Waals surface area contributed by atoms with Crippen LogP contribution >= 0.6 is 0 Å². The summed E-state index contributed by atoms with van der Waals surface area (Å²) in [4.78, 5) is 38.2. The molecule has 0 radical (unpaired) electrons. The highest BCUT2D eigenvalue weighted by Gasteiger charge is 2.19. The highest BCUT2D eigenvalue weighted by atomic mass is 16.6. The monoisotopic (exact) mass is 1030 g/mol. The van der Waals surface area contributed by atoms with Gasteiger partial charge in [-0.15, -0.1) is 0 Å². The lowest BCUT2D eigenvalue weighted by Gasteiger charge is -2.18. The molecule has 75 heavy (non-hydrogen) atoms. The summed E-state index contributed by atoms with van der Waals surface area (Å²) in [5.74, 6) is -1.08. The Kier molecular flexibility index (Phi) is 58.0. The average molecular weight is 1040 g/mol.